The number of nitrogens with zero attached hydrogens (tertiary/aromatic N) is 2. The van der Waals surface area contributed by atoms with Crippen molar-refractivity contribution in [3.05, 3.63) is 16.3 Å². The van der Waals surface area contributed by atoms with E-state index in [1.807, 2.05) is 0 Å². The summed E-state index contributed by atoms with van der Waals surface area (Å²) in [7, 11) is 0. The fraction of sp³-hybridized carbons (Fsp3) is 0. The third-order valence-electron chi connectivity index (χ3n) is 0.588. The SMILES string of the molecule is N#Cc1cnc(F)s1. The van der Waals surface area contributed by atoms with Gasteiger partial charge in [0.1, 0.15) is 10.9 Å². The summed E-state index contributed by atoms with van der Waals surface area (Å²) in [5.74, 6) is 0. The van der Waals surface area contributed by atoms with Crippen molar-refractivity contribution in [2.24, 2.45) is 0 Å². The summed E-state index contributed by atoms with van der Waals surface area (Å²) < 4.78 is 11.9. The van der Waals surface area contributed by atoms with E-state index < -0.39 is 5.26 Å². The second-order valence-corrected chi connectivity index (χ2v) is 2.07. The summed E-state index contributed by atoms with van der Waals surface area (Å²) in [6.45, 7) is 0. The lowest BCUT2D eigenvalue weighted by atomic mass is 10.6. The standard InChI is InChI=1S/C4HFN2S/c5-4-7-2-3(1-6)8-4/h2H. The number of hydrogen-bond donors (Lipinski definition) is 0. The normalized spacial score (nSPS) is 8.50. The molecule has 0 unspecified atom stereocenters. The van der Waals surface area contributed by atoms with Crippen molar-refractivity contribution in [2.75, 3.05) is 0 Å². The monoisotopic (exact) mass is 128 g/mol. The molecule has 0 radical (unpaired) electrons. The summed E-state index contributed by atoms with van der Waals surface area (Å²) in [5, 5.41) is 7.55. The van der Waals surface area contributed by atoms with E-state index in [4.69, 9.17) is 5.26 Å². The van der Waals surface area contributed by atoms with Gasteiger partial charge in [0.05, 0.1) is 6.20 Å². The maximum atomic E-state index is 11.9. The largest absolute Gasteiger partial charge is 0.270 e. The van der Waals surface area contributed by atoms with Crippen LogP contribution >= 0.6 is 11.3 Å². The molecule has 1 aromatic heterocycles. The van der Waals surface area contributed by atoms with Crippen molar-refractivity contribution in [3.63, 3.8) is 0 Å². The van der Waals surface area contributed by atoms with Gasteiger partial charge in [-0.15, -0.1) is 0 Å². The molecule has 1 rings (SSSR count). The summed E-state index contributed by atoms with van der Waals surface area (Å²) in [6.07, 6.45) is 1.21. The number of nitriles is 1. The van der Waals surface area contributed by atoms with Gasteiger partial charge in [0.25, 0.3) is 5.26 Å². The molecular weight excluding hydrogens is 127 g/mol. The Bertz CT molecular complexity index is 224. The molecule has 1 heterocycles. The molecule has 0 bridgehead atoms. The molecule has 0 aromatic carbocycles. The van der Waals surface area contributed by atoms with Gasteiger partial charge in [-0.3, -0.25) is 0 Å². The highest BCUT2D eigenvalue weighted by Gasteiger charge is 1.95. The quantitative estimate of drug-likeness (QED) is 0.525. The number of halogens is 1. The van der Waals surface area contributed by atoms with E-state index >= 15 is 0 Å². The Morgan fingerprint density at radius 1 is 1.88 bits per heavy atom. The van der Waals surface area contributed by atoms with E-state index in [2.05, 4.69) is 4.98 Å². The van der Waals surface area contributed by atoms with Crippen molar-refractivity contribution in [2.45, 2.75) is 0 Å². The minimum Gasteiger partial charge on any atom is -0.217 e. The zero-order valence-electron chi connectivity index (χ0n) is 3.76. The number of aromatic nitrogens is 1. The van der Waals surface area contributed by atoms with Crippen LogP contribution in [0.2, 0.25) is 0 Å². The van der Waals surface area contributed by atoms with E-state index in [1.54, 1.807) is 6.07 Å². The Hall–Kier alpha value is -0.950. The fourth-order valence-electron chi connectivity index (χ4n) is 0.305. The Labute approximate surface area is 49.2 Å². The smallest absolute Gasteiger partial charge is 0.217 e. The van der Waals surface area contributed by atoms with Gasteiger partial charge in [-0.05, 0) is 0 Å². The maximum absolute atomic E-state index is 11.9. The molecule has 0 saturated carbocycles. The molecule has 0 saturated heterocycles. The molecular formula is C4HFN2S. The highest BCUT2D eigenvalue weighted by Crippen LogP contribution is 2.07. The van der Waals surface area contributed by atoms with Crippen molar-refractivity contribution in [1.29, 1.82) is 5.26 Å². The van der Waals surface area contributed by atoms with Crippen LogP contribution in [0.15, 0.2) is 6.20 Å². The minimum atomic E-state index is -0.554. The second-order valence-electron chi connectivity index (χ2n) is 1.09. The highest BCUT2D eigenvalue weighted by molar-refractivity contribution is 7.10. The summed E-state index contributed by atoms with van der Waals surface area (Å²) >= 11 is 0.749. The van der Waals surface area contributed by atoms with E-state index in [0.717, 1.165) is 11.3 Å². The number of rotatable bonds is 0. The van der Waals surface area contributed by atoms with Gasteiger partial charge in [0.15, 0.2) is 0 Å². The molecule has 0 atom stereocenters. The van der Waals surface area contributed by atoms with Crippen molar-refractivity contribution in [3.8, 4) is 6.07 Å². The Morgan fingerprint density at radius 3 is 2.88 bits per heavy atom. The first kappa shape index (κ1) is 5.19. The Kier molecular flexibility index (Phi) is 1.22. The van der Waals surface area contributed by atoms with E-state index in [1.165, 1.54) is 6.20 Å². The Balaban J connectivity index is 3.05. The molecule has 4 heteroatoms. The second kappa shape index (κ2) is 1.88. The average molecular weight is 128 g/mol. The van der Waals surface area contributed by atoms with E-state index in [-0.39, 0.29) is 0 Å². The zero-order valence-corrected chi connectivity index (χ0v) is 4.57. The molecule has 0 aliphatic rings. The van der Waals surface area contributed by atoms with Crippen LogP contribution in [0.4, 0.5) is 4.39 Å². The maximum Gasteiger partial charge on any atom is 0.270 e. The van der Waals surface area contributed by atoms with Crippen LogP contribution in [0.25, 0.3) is 0 Å². The predicted molar refractivity (Wildman–Crippen MR) is 26.8 cm³/mol. The third kappa shape index (κ3) is 0.820. The van der Waals surface area contributed by atoms with Crippen LogP contribution in [-0.4, -0.2) is 4.98 Å². The lowest BCUT2D eigenvalue weighted by molar-refractivity contribution is 0.617. The van der Waals surface area contributed by atoms with Gasteiger partial charge in [-0.25, -0.2) is 4.98 Å². The lowest BCUT2D eigenvalue weighted by Gasteiger charge is -1.62. The highest BCUT2D eigenvalue weighted by atomic mass is 32.1. The fourth-order valence-corrected chi connectivity index (χ4v) is 0.742. The minimum absolute atomic E-state index is 0.308. The van der Waals surface area contributed by atoms with Crippen molar-refractivity contribution in [1.82, 2.24) is 4.98 Å². The Morgan fingerprint density at radius 2 is 2.62 bits per heavy atom. The summed E-state index contributed by atoms with van der Waals surface area (Å²) in [6, 6.07) is 1.76. The first-order valence-corrected chi connectivity index (χ1v) is 2.66. The number of thiazole rings is 1. The lowest BCUT2D eigenvalue weighted by Crippen LogP contribution is -1.58. The van der Waals surface area contributed by atoms with Gasteiger partial charge in [-0.1, -0.05) is 11.3 Å². The van der Waals surface area contributed by atoms with Gasteiger partial charge in [0, 0.05) is 0 Å². The van der Waals surface area contributed by atoms with Crippen molar-refractivity contribution < 1.29 is 4.39 Å². The van der Waals surface area contributed by atoms with Gasteiger partial charge in [0.2, 0.25) is 0 Å². The molecule has 1 aromatic rings. The summed E-state index contributed by atoms with van der Waals surface area (Å²) in [4.78, 5) is 3.52. The number of hydrogen-bond acceptors (Lipinski definition) is 3. The van der Waals surface area contributed by atoms with Crippen LogP contribution in [-0.2, 0) is 0 Å². The summed E-state index contributed by atoms with van der Waals surface area (Å²) in [5.41, 5.74) is 0. The molecule has 0 amide bonds. The first-order valence-electron chi connectivity index (χ1n) is 1.84. The predicted octanol–water partition coefficient (Wildman–Crippen LogP) is 1.15. The first-order chi connectivity index (χ1) is 3.83. The zero-order chi connectivity index (χ0) is 5.98. The van der Waals surface area contributed by atoms with Gasteiger partial charge in [-0.2, -0.15) is 9.65 Å². The van der Waals surface area contributed by atoms with E-state index in [0.29, 0.717) is 4.88 Å². The molecule has 0 aliphatic carbocycles. The molecule has 40 valence electrons. The average Bonchev–Trinajstić information content (AvgIpc) is 2.14. The van der Waals surface area contributed by atoms with Crippen LogP contribution in [0.3, 0.4) is 0 Å². The van der Waals surface area contributed by atoms with Crippen LogP contribution in [0.1, 0.15) is 4.88 Å². The third-order valence-corrected chi connectivity index (χ3v) is 1.28. The topological polar surface area (TPSA) is 36.7 Å². The molecule has 2 nitrogen and oxygen atoms in total. The molecule has 8 heavy (non-hydrogen) atoms. The molecule has 0 spiro atoms. The molecule has 0 fully saturated rings. The van der Waals surface area contributed by atoms with Crippen LogP contribution in [0.5, 0.6) is 0 Å². The van der Waals surface area contributed by atoms with Crippen LogP contribution in [0, 0.1) is 16.6 Å². The van der Waals surface area contributed by atoms with Crippen LogP contribution < -0.4 is 0 Å². The van der Waals surface area contributed by atoms with Gasteiger partial charge >= 0.3 is 0 Å². The van der Waals surface area contributed by atoms with E-state index in [9.17, 15) is 4.39 Å². The molecule has 0 N–H and O–H groups in total. The molecule has 0 aliphatic heterocycles. The van der Waals surface area contributed by atoms with Crippen molar-refractivity contribution >= 4 is 11.3 Å². The van der Waals surface area contributed by atoms with Gasteiger partial charge < -0.3 is 0 Å².